The third-order valence-corrected chi connectivity index (χ3v) is 3.60. The van der Waals surface area contributed by atoms with E-state index in [0.29, 0.717) is 36.7 Å². The Morgan fingerprint density at radius 2 is 2.00 bits per heavy atom. The first kappa shape index (κ1) is 16.3. The van der Waals surface area contributed by atoms with Gasteiger partial charge in [0.05, 0.1) is 13.2 Å². The van der Waals surface area contributed by atoms with Gasteiger partial charge in [-0.15, -0.1) is 0 Å². The van der Waals surface area contributed by atoms with Gasteiger partial charge in [-0.25, -0.2) is 4.39 Å². The lowest BCUT2D eigenvalue weighted by Gasteiger charge is -2.29. The van der Waals surface area contributed by atoms with Crippen molar-refractivity contribution >= 4 is 17.3 Å². The molecule has 6 nitrogen and oxygen atoms in total. The van der Waals surface area contributed by atoms with Crippen LogP contribution in [0, 0.1) is 5.82 Å². The molecule has 0 bridgehead atoms. The largest absolute Gasteiger partial charge is 0.378 e. The summed E-state index contributed by atoms with van der Waals surface area (Å²) in [6.07, 6.45) is 1.10. The van der Waals surface area contributed by atoms with E-state index in [1.54, 1.807) is 6.07 Å². The fourth-order valence-corrected chi connectivity index (χ4v) is 2.50. The summed E-state index contributed by atoms with van der Waals surface area (Å²) in [5, 5.41) is 5.83. The van der Waals surface area contributed by atoms with Crippen LogP contribution in [0.1, 0.15) is 17.0 Å². The molecule has 1 aliphatic rings. The number of alkyl halides is 2. The van der Waals surface area contributed by atoms with Crippen LogP contribution in [-0.2, 0) is 4.74 Å². The van der Waals surface area contributed by atoms with E-state index in [1.807, 2.05) is 4.90 Å². The Hall–Kier alpha value is -2.55. The highest BCUT2D eigenvalue weighted by molar-refractivity contribution is 6.03. The van der Waals surface area contributed by atoms with Gasteiger partial charge in [-0.2, -0.15) is 18.6 Å². The highest BCUT2D eigenvalue weighted by Crippen LogP contribution is 2.23. The molecule has 1 aromatic heterocycles. The fraction of sp³-hybridized carbons (Fsp3) is 0.333. The summed E-state index contributed by atoms with van der Waals surface area (Å²) >= 11 is 0. The van der Waals surface area contributed by atoms with Crippen LogP contribution < -0.4 is 10.2 Å². The van der Waals surface area contributed by atoms with Gasteiger partial charge in [-0.1, -0.05) is 0 Å². The maximum Gasteiger partial charge on any atom is 0.333 e. The third-order valence-electron chi connectivity index (χ3n) is 3.60. The Labute approximate surface area is 135 Å². The predicted octanol–water partition coefficient (Wildman–Crippen LogP) is 2.51. The SMILES string of the molecule is O=C(Nc1cc(F)cc(N2CCOCC2)c1)c1ccnn1C(F)F. The summed E-state index contributed by atoms with van der Waals surface area (Å²) in [7, 11) is 0. The van der Waals surface area contributed by atoms with E-state index in [2.05, 4.69) is 10.4 Å². The number of aromatic nitrogens is 2. The second-order valence-electron chi connectivity index (χ2n) is 5.19. The number of amides is 1. The minimum absolute atomic E-state index is 0.184. The number of carbonyl (C=O) groups excluding carboxylic acids is 1. The molecule has 2 aromatic rings. The normalized spacial score (nSPS) is 14.9. The molecular weight excluding hydrogens is 325 g/mol. The molecule has 0 unspecified atom stereocenters. The van der Waals surface area contributed by atoms with Gasteiger partial charge in [0.15, 0.2) is 0 Å². The lowest BCUT2D eigenvalue weighted by Crippen LogP contribution is -2.36. The van der Waals surface area contributed by atoms with Crippen molar-refractivity contribution in [1.82, 2.24) is 9.78 Å². The number of ether oxygens (including phenoxy) is 1. The molecule has 0 aliphatic carbocycles. The summed E-state index contributed by atoms with van der Waals surface area (Å²) in [6, 6.07) is 5.24. The first-order valence-corrected chi connectivity index (χ1v) is 7.31. The van der Waals surface area contributed by atoms with E-state index in [4.69, 9.17) is 4.74 Å². The average molecular weight is 340 g/mol. The number of morpholine rings is 1. The number of anilines is 2. The van der Waals surface area contributed by atoms with Crippen LogP contribution >= 0.6 is 0 Å². The van der Waals surface area contributed by atoms with Crippen LogP contribution in [0.3, 0.4) is 0 Å². The molecule has 0 atom stereocenters. The monoisotopic (exact) mass is 340 g/mol. The number of hydrogen-bond acceptors (Lipinski definition) is 4. The topological polar surface area (TPSA) is 59.4 Å². The Bertz CT molecular complexity index is 729. The van der Waals surface area contributed by atoms with E-state index in [0.717, 1.165) is 12.3 Å². The van der Waals surface area contributed by atoms with Crippen LogP contribution in [0.15, 0.2) is 30.5 Å². The van der Waals surface area contributed by atoms with Crippen molar-refractivity contribution < 1.29 is 22.7 Å². The first-order chi connectivity index (χ1) is 11.5. The molecule has 3 rings (SSSR count). The first-order valence-electron chi connectivity index (χ1n) is 7.31. The van der Waals surface area contributed by atoms with Crippen molar-refractivity contribution in [2.24, 2.45) is 0 Å². The summed E-state index contributed by atoms with van der Waals surface area (Å²) in [5.74, 6) is -1.32. The van der Waals surface area contributed by atoms with E-state index in [-0.39, 0.29) is 11.4 Å². The van der Waals surface area contributed by atoms with Crippen LogP contribution in [0.4, 0.5) is 24.5 Å². The Balaban J connectivity index is 1.80. The van der Waals surface area contributed by atoms with Gasteiger partial charge in [-0.3, -0.25) is 4.79 Å². The molecule has 1 amide bonds. The van der Waals surface area contributed by atoms with Crippen molar-refractivity contribution in [3.63, 3.8) is 0 Å². The van der Waals surface area contributed by atoms with Gasteiger partial charge >= 0.3 is 6.55 Å². The van der Waals surface area contributed by atoms with Crippen molar-refractivity contribution in [3.05, 3.63) is 42.0 Å². The molecule has 0 radical (unpaired) electrons. The zero-order chi connectivity index (χ0) is 17.1. The summed E-state index contributed by atoms with van der Waals surface area (Å²) < 4.78 is 44.9. The second-order valence-corrected chi connectivity index (χ2v) is 5.19. The molecule has 1 fully saturated rings. The Morgan fingerprint density at radius 3 is 2.71 bits per heavy atom. The van der Waals surface area contributed by atoms with Crippen molar-refractivity contribution in [3.8, 4) is 0 Å². The van der Waals surface area contributed by atoms with E-state index in [9.17, 15) is 18.0 Å². The number of benzene rings is 1. The lowest BCUT2D eigenvalue weighted by atomic mass is 10.2. The van der Waals surface area contributed by atoms with Gasteiger partial charge < -0.3 is 15.0 Å². The molecule has 1 aromatic carbocycles. The summed E-state index contributed by atoms with van der Waals surface area (Å²) in [6.45, 7) is -0.654. The molecular formula is C15H15F3N4O2. The molecule has 9 heteroatoms. The average Bonchev–Trinajstić information content (AvgIpc) is 3.05. The maximum atomic E-state index is 13.8. The molecule has 0 saturated carbocycles. The molecule has 128 valence electrons. The molecule has 1 aliphatic heterocycles. The number of carbonyl (C=O) groups is 1. The van der Waals surface area contributed by atoms with Gasteiger partial charge in [0.25, 0.3) is 5.91 Å². The minimum Gasteiger partial charge on any atom is -0.378 e. The summed E-state index contributed by atoms with van der Waals surface area (Å²) in [4.78, 5) is 14.1. The smallest absolute Gasteiger partial charge is 0.333 e. The van der Waals surface area contributed by atoms with E-state index < -0.39 is 18.3 Å². The van der Waals surface area contributed by atoms with Crippen molar-refractivity contribution in [1.29, 1.82) is 0 Å². The quantitative estimate of drug-likeness (QED) is 0.929. The fourth-order valence-electron chi connectivity index (χ4n) is 2.50. The van der Waals surface area contributed by atoms with E-state index >= 15 is 0 Å². The van der Waals surface area contributed by atoms with Crippen LogP contribution in [0.2, 0.25) is 0 Å². The van der Waals surface area contributed by atoms with Crippen LogP contribution in [0.5, 0.6) is 0 Å². The number of nitrogens with one attached hydrogen (secondary N) is 1. The van der Waals surface area contributed by atoms with Gasteiger partial charge in [-0.05, 0) is 24.3 Å². The molecule has 2 heterocycles. The zero-order valence-electron chi connectivity index (χ0n) is 12.6. The lowest BCUT2D eigenvalue weighted by molar-refractivity contribution is 0.0520. The van der Waals surface area contributed by atoms with Gasteiger partial charge in [0, 0.05) is 30.7 Å². The number of nitrogens with zero attached hydrogens (tertiary/aromatic N) is 3. The number of halogens is 3. The second kappa shape index (κ2) is 6.91. The maximum absolute atomic E-state index is 13.8. The number of rotatable bonds is 4. The minimum atomic E-state index is -2.93. The Kier molecular flexibility index (Phi) is 4.70. The van der Waals surface area contributed by atoms with Crippen molar-refractivity contribution in [2.75, 3.05) is 36.5 Å². The van der Waals surface area contributed by atoms with Gasteiger partial charge in [0.1, 0.15) is 11.5 Å². The van der Waals surface area contributed by atoms with Gasteiger partial charge in [0.2, 0.25) is 0 Å². The highest BCUT2D eigenvalue weighted by Gasteiger charge is 2.19. The predicted molar refractivity (Wildman–Crippen MR) is 80.9 cm³/mol. The zero-order valence-corrected chi connectivity index (χ0v) is 12.6. The van der Waals surface area contributed by atoms with Crippen LogP contribution in [-0.4, -0.2) is 42.0 Å². The van der Waals surface area contributed by atoms with E-state index in [1.165, 1.54) is 12.1 Å². The molecule has 24 heavy (non-hydrogen) atoms. The number of hydrogen-bond donors (Lipinski definition) is 1. The molecule has 1 saturated heterocycles. The van der Waals surface area contributed by atoms with Crippen LogP contribution in [0.25, 0.3) is 0 Å². The van der Waals surface area contributed by atoms with Crippen molar-refractivity contribution in [2.45, 2.75) is 6.55 Å². The highest BCUT2D eigenvalue weighted by atomic mass is 19.3. The Morgan fingerprint density at radius 1 is 1.25 bits per heavy atom. The standard InChI is InChI=1S/C15H15F3N4O2/c16-10-7-11(9-12(8-10)21-3-5-24-6-4-21)20-14(23)13-1-2-19-22(13)15(17)18/h1-2,7-9,15H,3-6H2,(H,20,23). The summed E-state index contributed by atoms with van der Waals surface area (Å²) in [5.41, 5.74) is 0.474. The molecule has 1 N–H and O–H groups in total. The third kappa shape index (κ3) is 3.51. The molecule has 0 spiro atoms.